The monoisotopic (exact) mass is 257 g/mol. The molecule has 1 aromatic carbocycles. The summed E-state index contributed by atoms with van der Waals surface area (Å²) >= 11 is 1.83. The first-order valence-electron chi connectivity index (χ1n) is 6.57. The number of fused-ring (bicyclic) bond motifs is 1. The average Bonchev–Trinajstić information content (AvgIpc) is 2.94. The summed E-state index contributed by atoms with van der Waals surface area (Å²) < 4.78 is 0. The predicted molar refractivity (Wildman–Crippen MR) is 77.4 cm³/mol. The Labute approximate surface area is 113 Å². The van der Waals surface area contributed by atoms with Crippen LogP contribution in [-0.2, 0) is 18.3 Å². The molecule has 0 aliphatic heterocycles. The molecule has 0 saturated heterocycles. The third-order valence-corrected chi connectivity index (χ3v) is 4.70. The molecule has 0 saturated carbocycles. The lowest BCUT2D eigenvalue weighted by Crippen LogP contribution is -2.12. The van der Waals surface area contributed by atoms with Crippen LogP contribution in [0.4, 0.5) is 0 Å². The van der Waals surface area contributed by atoms with Gasteiger partial charge in [-0.25, -0.2) is 4.98 Å². The summed E-state index contributed by atoms with van der Waals surface area (Å²) in [6.07, 6.45) is 2.32. The molecule has 0 fully saturated rings. The second kappa shape index (κ2) is 4.20. The normalized spacial score (nSPS) is 15.9. The van der Waals surface area contributed by atoms with Crippen molar-refractivity contribution >= 4 is 11.3 Å². The molecule has 94 valence electrons. The molecule has 0 spiro atoms. The third kappa shape index (κ3) is 2.10. The van der Waals surface area contributed by atoms with E-state index in [1.165, 1.54) is 21.8 Å². The Morgan fingerprint density at radius 1 is 1.11 bits per heavy atom. The van der Waals surface area contributed by atoms with Crippen LogP contribution in [0.5, 0.6) is 0 Å². The number of rotatable bonds is 1. The van der Waals surface area contributed by atoms with Crippen LogP contribution in [0.15, 0.2) is 29.6 Å². The van der Waals surface area contributed by atoms with E-state index in [0.29, 0.717) is 5.92 Å². The Morgan fingerprint density at radius 2 is 1.72 bits per heavy atom. The maximum absolute atomic E-state index is 4.87. The largest absolute Gasteiger partial charge is 0.245 e. The first kappa shape index (κ1) is 11.9. The SMILES string of the molecule is CC(C)(C)c1csc(C2Cc3ccccc3C2)n1. The zero-order valence-corrected chi connectivity index (χ0v) is 12.1. The third-order valence-electron chi connectivity index (χ3n) is 3.69. The Morgan fingerprint density at radius 3 is 2.22 bits per heavy atom. The summed E-state index contributed by atoms with van der Waals surface area (Å²) in [5, 5.41) is 3.55. The van der Waals surface area contributed by atoms with E-state index in [-0.39, 0.29) is 5.41 Å². The highest BCUT2D eigenvalue weighted by Gasteiger charge is 2.26. The van der Waals surface area contributed by atoms with Crippen molar-refractivity contribution in [2.75, 3.05) is 0 Å². The van der Waals surface area contributed by atoms with Crippen molar-refractivity contribution in [2.45, 2.75) is 44.9 Å². The molecule has 0 unspecified atom stereocenters. The fourth-order valence-electron chi connectivity index (χ4n) is 2.55. The number of hydrogen-bond donors (Lipinski definition) is 0. The van der Waals surface area contributed by atoms with Gasteiger partial charge >= 0.3 is 0 Å². The highest BCUT2D eigenvalue weighted by molar-refractivity contribution is 7.09. The Kier molecular flexibility index (Phi) is 2.78. The van der Waals surface area contributed by atoms with Crippen LogP contribution in [0, 0.1) is 0 Å². The maximum Gasteiger partial charge on any atom is 0.0966 e. The van der Waals surface area contributed by atoms with Gasteiger partial charge in [-0.2, -0.15) is 0 Å². The fraction of sp³-hybridized carbons (Fsp3) is 0.438. The maximum atomic E-state index is 4.87. The fourth-order valence-corrected chi connectivity index (χ4v) is 3.70. The Bertz CT molecular complexity index is 537. The van der Waals surface area contributed by atoms with Gasteiger partial charge < -0.3 is 0 Å². The quantitative estimate of drug-likeness (QED) is 0.741. The van der Waals surface area contributed by atoms with E-state index in [0.717, 1.165) is 12.8 Å². The standard InChI is InChI=1S/C16H19NS/c1-16(2,3)14-10-18-15(17-14)13-8-11-6-4-5-7-12(11)9-13/h4-7,10,13H,8-9H2,1-3H3. The molecule has 18 heavy (non-hydrogen) atoms. The summed E-state index contributed by atoms with van der Waals surface area (Å²) in [5.74, 6) is 0.600. The van der Waals surface area contributed by atoms with Crippen LogP contribution in [0.25, 0.3) is 0 Å². The summed E-state index contributed by atoms with van der Waals surface area (Å²) in [7, 11) is 0. The highest BCUT2D eigenvalue weighted by atomic mass is 32.1. The molecule has 2 aromatic rings. The van der Waals surface area contributed by atoms with E-state index in [2.05, 4.69) is 50.4 Å². The first-order chi connectivity index (χ1) is 8.54. The van der Waals surface area contributed by atoms with E-state index in [9.17, 15) is 0 Å². The molecular formula is C16H19NS. The topological polar surface area (TPSA) is 12.9 Å². The van der Waals surface area contributed by atoms with Crippen LogP contribution < -0.4 is 0 Å². The number of benzene rings is 1. The highest BCUT2D eigenvalue weighted by Crippen LogP contribution is 2.36. The number of hydrogen-bond acceptors (Lipinski definition) is 2. The number of thiazole rings is 1. The van der Waals surface area contributed by atoms with Crippen molar-refractivity contribution in [2.24, 2.45) is 0 Å². The van der Waals surface area contributed by atoms with Gasteiger partial charge in [0, 0.05) is 16.7 Å². The van der Waals surface area contributed by atoms with Crippen LogP contribution in [0.1, 0.15) is 48.5 Å². The van der Waals surface area contributed by atoms with E-state index in [4.69, 9.17) is 4.98 Å². The lowest BCUT2D eigenvalue weighted by Gasteiger charge is -2.14. The van der Waals surface area contributed by atoms with Crippen LogP contribution in [0.3, 0.4) is 0 Å². The van der Waals surface area contributed by atoms with Gasteiger partial charge in [0.1, 0.15) is 0 Å². The Balaban J connectivity index is 1.85. The van der Waals surface area contributed by atoms with Crippen molar-refractivity contribution in [1.82, 2.24) is 4.98 Å². The smallest absolute Gasteiger partial charge is 0.0966 e. The summed E-state index contributed by atoms with van der Waals surface area (Å²) in [6.45, 7) is 6.69. The van der Waals surface area contributed by atoms with Crippen molar-refractivity contribution in [3.05, 3.63) is 51.5 Å². The van der Waals surface area contributed by atoms with Crippen molar-refractivity contribution in [1.29, 1.82) is 0 Å². The second-order valence-electron chi connectivity index (χ2n) is 6.19. The van der Waals surface area contributed by atoms with Gasteiger partial charge in [0.2, 0.25) is 0 Å². The van der Waals surface area contributed by atoms with Gasteiger partial charge in [-0.15, -0.1) is 11.3 Å². The van der Waals surface area contributed by atoms with Gasteiger partial charge in [0.25, 0.3) is 0 Å². The van der Waals surface area contributed by atoms with Gasteiger partial charge in [-0.1, -0.05) is 45.0 Å². The number of aromatic nitrogens is 1. The van der Waals surface area contributed by atoms with Crippen molar-refractivity contribution in [3.8, 4) is 0 Å². The molecule has 0 N–H and O–H groups in total. The minimum atomic E-state index is 0.167. The molecule has 0 radical (unpaired) electrons. The minimum absolute atomic E-state index is 0.167. The first-order valence-corrected chi connectivity index (χ1v) is 7.44. The van der Waals surface area contributed by atoms with Gasteiger partial charge in [0.05, 0.1) is 10.7 Å². The zero-order chi connectivity index (χ0) is 12.8. The molecule has 1 heterocycles. The van der Waals surface area contributed by atoms with Gasteiger partial charge in [0.15, 0.2) is 0 Å². The molecule has 1 aliphatic rings. The minimum Gasteiger partial charge on any atom is -0.245 e. The lowest BCUT2D eigenvalue weighted by molar-refractivity contribution is 0.567. The average molecular weight is 257 g/mol. The lowest BCUT2D eigenvalue weighted by atomic mass is 9.93. The molecule has 0 amide bonds. The molecular weight excluding hydrogens is 238 g/mol. The number of nitrogens with zero attached hydrogens (tertiary/aromatic N) is 1. The summed E-state index contributed by atoms with van der Waals surface area (Å²) in [4.78, 5) is 4.87. The van der Waals surface area contributed by atoms with E-state index >= 15 is 0 Å². The molecule has 0 bridgehead atoms. The molecule has 3 rings (SSSR count). The molecule has 2 heteroatoms. The summed E-state index contributed by atoms with van der Waals surface area (Å²) in [6, 6.07) is 8.80. The van der Waals surface area contributed by atoms with Gasteiger partial charge in [-0.3, -0.25) is 0 Å². The molecule has 0 atom stereocenters. The van der Waals surface area contributed by atoms with Crippen LogP contribution in [0.2, 0.25) is 0 Å². The molecule has 1 nitrogen and oxygen atoms in total. The van der Waals surface area contributed by atoms with E-state index in [1.807, 2.05) is 11.3 Å². The van der Waals surface area contributed by atoms with E-state index in [1.54, 1.807) is 0 Å². The Hall–Kier alpha value is -1.15. The van der Waals surface area contributed by atoms with Crippen LogP contribution >= 0.6 is 11.3 Å². The predicted octanol–water partition coefficient (Wildman–Crippen LogP) is 4.32. The van der Waals surface area contributed by atoms with Crippen molar-refractivity contribution in [3.63, 3.8) is 0 Å². The van der Waals surface area contributed by atoms with Gasteiger partial charge in [-0.05, 0) is 24.0 Å². The van der Waals surface area contributed by atoms with E-state index < -0.39 is 0 Å². The summed E-state index contributed by atoms with van der Waals surface area (Å²) in [5.41, 5.74) is 4.42. The zero-order valence-electron chi connectivity index (χ0n) is 11.2. The molecule has 1 aromatic heterocycles. The molecule has 1 aliphatic carbocycles. The van der Waals surface area contributed by atoms with Crippen molar-refractivity contribution < 1.29 is 0 Å². The van der Waals surface area contributed by atoms with Crippen LogP contribution in [-0.4, -0.2) is 4.98 Å². The second-order valence-corrected chi connectivity index (χ2v) is 7.08.